The van der Waals surface area contributed by atoms with Gasteiger partial charge in [0, 0.05) is 18.1 Å². The van der Waals surface area contributed by atoms with Gasteiger partial charge in [-0.1, -0.05) is 23.7 Å². The minimum atomic E-state index is -0.651. The lowest BCUT2D eigenvalue weighted by Gasteiger charge is -2.28. The zero-order valence-electron chi connectivity index (χ0n) is 16.6. The fourth-order valence-electron chi connectivity index (χ4n) is 2.65. The van der Waals surface area contributed by atoms with Crippen LogP contribution in [0.15, 0.2) is 46.9 Å². The van der Waals surface area contributed by atoms with E-state index in [0.29, 0.717) is 21.8 Å². The van der Waals surface area contributed by atoms with Crippen molar-refractivity contribution in [2.45, 2.75) is 26.4 Å². The molecule has 0 saturated heterocycles. The number of benzene rings is 2. The summed E-state index contributed by atoms with van der Waals surface area (Å²) in [6.07, 6.45) is 0. The number of nitrogens with one attached hydrogen (secondary N) is 1. The van der Waals surface area contributed by atoms with Crippen molar-refractivity contribution in [3.05, 3.63) is 57.5 Å². The van der Waals surface area contributed by atoms with Gasteiger partial charge in [0.1, 0.15) is 17.5 Å². The Balaban J connectivity index is 2.15. The highest BCUT2D eigenvalue weighted by Gasteiger charge is 2.26. The lowest BCUT2D eigenvalue weighted by molar-refractivity contribution is -0.142. The van der Waals surface area contributed by atoms with Gasteiger partial charge in [0.2, 0.25) is 5.91 Å². The fraction of sp³-hybridized carbons (Fsp3) is 0.333. The van der Waals surface area contributed by atoms with Crippen LogP contribution < -0.4 is 14.8 Å². The molecule has 0 aromatic heterocycles. The van der Waals surface area contributed by atoms with Crippen molar-refractivity contribution in [3.63, 3.8) is 0 Å². The van der Waals surface area contributed by atoms with Crippen LogP contribution in [0.4, 0.5) is 0 Å². The Morgan fingerprint density at radius 3 is 2.48 bits per heavy atom. The van der Waals surface area contributed by atoms with Gasteiger partial charge in [0.15, 0.2) is 6.61 Å². The van der Waals surface area contributed by atoms with E-state index in [1.807, 2.05) is 31.2 Å². The summed E-state index contributed by atoms with van der Waals surface area (Å²) in [6, 6.07) is 11.8. The molecule has 2 amide bonds. The predicted octanol–water partition coefficient (Wildman–Crippen LogP) is 4.04. The van der Waals surface area contributed by atoms with Crippen LogP contribution in [-0.4, -0.2) is 43.0 Å². The van der Waals surface area contributed by atoms with E-state index in [1.54, 1.807) is 32.2 Å². The second-order valence-corrected chi connectivity index (χ2v) is 7.59. The minimum absolute atomic E-state index is 0.208. The Labute approximate surface area is 184 Å². The first kappa shape index (κ1) is 23.0. The highest BCUT2D eigenvalue weighted by molar-refractivity contribution is 9.10. The van der Waals surface area contributed by atoms with E-state index in [0.717, 1.165) is 11.3 Å². The Kier molecular flexibility index (Phi) is 8.79. The Morgan fingerprint density at radius 2 is 1.90 bits per heavy atom. The second kappa shape index (κ2) is 11.1. The summed E-state index contributed by atoms with van der Waals surface area (Å²) in [4.78, 5) is 26.8. The van der Waals surface area contributed by atoms with E-state index in [-0.39, 0.29) is 25.0 Å². The monoisotopic (exact) mass is 482 g/mol. The number of carbonyl (C=O) groups is 2. The molecule has 29 heavy (non-hydrogen) atoms. The molecular formula is C21H24BrClN2O4. The number of halogens is 2. The summed E-state index contributed by atoms with van der Waals surface area (Å²) < 4.78 is 11.5. The van der Waals surface area contributed by atoms with Crippen LogP contribution in [0, 0.1) is 0 Å². The van der Waals surface area contributed by atoms with Crippen LogP contribution in [-0.2, 0) is 16.1 Å². The topological polar surface area (TPSA) is 67.9 Å². The average Bonchev–Trinajstić information content (AvgIpc) is 2.71. The Bertz CT molecular complexity index is 845. The summed E-state index contributed by atoms with van der Waals surface area (Å²) >= 11 is 9.30. The first-order chi connectivity index (χ1) is 13.8. The minimum Gasteiger partial charge on any atom is -0.497 e. The van der Waals surface area contributed by atoms with Crippen LogP contribution in [0.5, 0.6) is 11.5 Å². The Hall–Kier alpha value is -2.25. The maximum Gasteiger partial charge on any atom is 0.261 e. The molecule has 0 spiro atoms. The van der Waals surface area contributed by atoms with Gasteiger partial charge in [0.05, 0.1) is 11.6 Å². The average molecular weight is 484 g/mol. The summed E-state index contributed by atoms with van der Waals surface area (Å²) in [5, 5.41) is 3.31. The number of amides is 2. The second-order valence-electron chi connectivity index (χ2n) is 6.30. The lowest BCUT2D eigenvalue weighted by Crippen LogP contribution is -2.49. The molecule has 1 N–H and O–H groups in total. The number of nitrogens with zero attached hydrogens (tertiary/aromatic N) is 1. The van der Waals surface area contributed by atoms with Crippen molar-refractivity contribution in [2.24, 2.45) is 0 Å². The van der Waals surface area contributed by atoms with Crippen LogP contribution in [0.2, 0.25) is 5.02 Å². The Morgan fingerprint density at radius 1 is 1.21 bits per heavy atom. The molecule has 0 aliphatic carbocycles. The van der Waals surface area contributed by atoms with Crippen molar-refractivity contribution in [2.75, 3.05) is 20.3 Å². The first-order valence-corrected chi connectivity index (χ1v) is 10.3. The maximum absolute atomic E-state index is 12.9. The van der Waals surface area contributed by atoms with E-state index >= 15 is 0 Å². The SMILES string of the molecule is CCNC(=O)[C@@H](C)N(Cc1ccc(OC)cc1)C(=O)COc1ccc(Cl)cc1Br. The molecule has 8 heteroatoms. The smallest absolute Gasteiger partial charge is 0.261 e. The van der Waals surface area contributed by atoms with Gasteiger partial charge in [-0.25, -0.2) is 0 Å². The molecule has 0 aliphatic heterocycles. The number of rotatable bonds is 9. The van der Waals surface area contributed by atoms with Crippen molar-refractivity contribution < 1.29 is 19.1 Å². The third-order valence-corrected chi connectivity index (χ3v) is 5.13. The summed E-state index contributed by atoms with van der Waals surface area (Å²) in [7, 11) is 1.59. The summed E-state index contributed by atoms with van der Waals surface area (Å²) in [5.74, 6) is 0.695. The van der Waals surface area contributed by atoms with Gasteiger partial charge in [-0.05, 0) is 65.7 Å². The predicted molar refractivity (Wildman–Crippen MR) is 116 cm³/mol. The van der Waals surface area contributed by atoms with Gasteiger partial charge < -0.3 is 19.7 Å². The number of ether oxygens (including phenoxy) is 2. The van der Waals surface area contributed by atoms with Gasteiger partial charge in [-0.2, -0.15) is 0 Å². The van der Waals surface area contributed by atoms with Crippen LogP contribution in [0.1, 0.15) is 19.4 Å². The van der Waals surface area contributed by atoms with Gasteiger partial charge in [-0.3, -0.25) is 9.59 Å². The van der Waals surface area contributed by atoms with Crippen LogP contribution in [0.25, 0.3) is 0 Å². The summed E-state index contributed by atoms with van der Waals surface area (Å²) in [5.41, 5.74) is 0.878. The quantitative estimate of drug-likeness (QED) is 0.584. The van der Waals surface area contributed by atoms with E-state index in [4.69, 9.17) is 21.1 Å². The molecule has 156 valence electrons. The summed E-state index contributed by atoms with van der Waals surface area (Å²) in [6.45, 7) is 4.08. The highest BCUT2D eigenvalue weighted by atomic mass is 79.9. The van der Waals surface area contributed by atoms with Crippen LogP contribution >= 0.6 is 27.5 Å². The number of methoxy groups -OCH3 is 1. The number of hydrogen-bond donors (Lipinski definition) is 1. The zero-order chi connectivity index (χ0) is 21.4. The van der Waals surface area contributed by atoms with Crippen molar-refractivity contribution in [1.29, 1.82) is 0 Å². The number of carbonyl (C=O) groups excluding carboxylic acids is 2. The lowest BCUT2D eigenvalue weighted by atomic mass is 10.1. The van der Waals surface area contributed by atoms with Crippen molar-refractivity contribution in [3.8, 4) is 11.5 Å². The van der Waals surface area contributed by atoms with Crippen molar-refractivity contribution in [1.82, 2.24) is 10.2 Å². The third-order valence-electron chi connectivity index (χ3n) is 4.28. The van der Waals surface area contributed by atoms with Crippen molar-refractivity contribution >= 4 is 39.3 Å². The van der Waals surface area contributed by atoms with E-state index in [2.05, 4.69) is 21.2 Å². The third kappa shape index (κ3) is 6.65. The molecule has 1 atom stereocenters. The highest BCUT2D eigenvalue weighted by Crippen LogP contribution is 2.28. The molecule has 0 aliphatic rings. The molecule has 0 heterocycles. The molecule has 6 nitrogen and oxygen atoms in total. The van der Waals surface area contributed by atoms with Crippen LogP contribution in [0.3, 0.4) is 0 Å². The van der Waals surface area contributed by atoms with Gasteiger partial charge >= 0.3 is 0 Å². The largest absolute Gasteiger partial charge is 0.497 e. The molecule has 2 aromatic carbocycles. The molecular weight excluding hydrogens is 460 g/mol. The molecule has 2 rings (SSSR count). The standard InChI is InChI=1S/C21H24BrClN2O4/c1-4-24-21(27)14(2)25(12-15-5-8-17(28-3)9-6-15)20(26)13-29-19-10-7-16(23)11-18(19)22/h5-11,14H,4,12-13H2,1-3H3,(H,24,27)/t14-/m1/s1. The molecule has 0 bridgehead atoms. The van der Waals surface area contributed by atoms with E-state index in [1.165, 1.54) is 4.90 Å². The normalized spacial score (nSPS) is 11.5. The van der Waals surface area contributed by atoms with Gasteiger partial charge in [0.25, 0.3) is 5.91 Å². The van der Waals surface area contributed by atoms with E-state index in [9.17, 15) is 9.59 Å². The first-order valence-electron chi connectivity index (χ1n) is 9.13. The van der Waals surface area contributed by atoms with Gasteiger partial charge in [-0.15, -0.1) is 0 Å². The fourth-order valence-corrected chi connectivity index (χ4v) is 3.44. The number of hydrogen-bond acceptors (Lipinski definition) is 4. The molecule has 2 aromatic rings. The molecule has 0 saturated carbocycles. The number of likely N-dealkylation sites (N-methyl/N-ethyl adjacent to an activating group) is 1. The zero-order valence-corrected chi connectivity index (χ0v) is 18.9. The van der Waals surface area contributed by atoms with E-state index < -0.39 is 6.04 Å². The maximum atomic E-state index is 12.9. The molecule has 0 fully saturated rings. The molecule has 0 unspecified atom stereocenters. The molecule has 0 radical (unpaired) electrons.